The van der Waals surface area contributed by atoms with Crippen molar-refractivity contribution in [2.75, 3.05) is 18.9 Å². The highest BCUT2D eigenvalue weighted by molar-refractivity contribution is 6.39. The summed E-state index contributed by atoms with van der Waals surface area (Å²) in [7, 11) is 1.84. The van der Waals surface area contributed by atoms with Crippen molar-refractivity contribution >= 4 is 45.7 Å². The number of halogens is 2. The molecule has 0 aliphatic heterocycles. The van der Waals surface area contributed by atoms with Crippen LogP contribution in [-0.4, -0.2) is 29.5 Å². The maximum atomic E-state index is 12.3. The molecule has 0 spiro atoms. The molecule has 6 nitrogen and oxygen atoms in total. The monoisotopic (exact) mass is 391 g/mol. The molecule has 0 radical (unpaired) electrons. The molecule has 26 heavy (non-hydrogen) atoms. The summed E-state index contributed by atoms with van der Waals surface area (Å²) < 4.78 is 0. The molecule has 0 saturated carbocycles. The number of H-pyrrole nitrogens is 1. The third kappa shape index (κ3) is 4.22. The van der Waals surface area contributed by atoms with Crippen LogP contribution >= 0.6 is 23.2 Å². The number of nitrogens with zero attached hydrogens (tertiary/aromatic N) is 1. The average molecular weight is 392 g/mol. The van der Waals surface area contributed by atoms with Gasteiger partial charge in [0.05, 0.1) is 33.7 Å². The fourth-order valence-corrected chi connectivity index (χ4v) is 3.13. The van der Waals surface area contributed by atoms with Crippen LogP contribution < -0.4 is 15.8 Å². The zero-order valence-corrected chi connectivity index (χ0v) is 15.5. The summed E-state index contributed by atoms with van der Waals surface area (Å²) >= 11 is 12.1. The molecule has 1 atom stereocenters. The van der Waals surface area contributed by atoms with Crippen molar-refractivity contribution in [3.63, 3.8) is 0 Å². The fraction of sp³-hybridized carbons (Fsp3) is 0.167. The van der Waals surface area contributed by atoms with E-state index in [1.54, 1.807) is 36.4 Å². The quantitative estimate of drug-likeness (QED) is 0.621. The maximum Gasteiger partial charge on any atom is 0.279 e. The Hall–Kier alpha value is -2.41. The summed E-state index contributed by atoms with van der Waals surface area (Å²) in [6, 6.07) is 12.2. The van der Waals surface area contributed by atoms with Gasteiger partial charge >= 0.3 is 0 Å². The van der Waals surface area contributed by atoms with Crippen molar-refractivity contribution in [3.05, 3.63) is 68.7 Å². The Morgan fingerprint density at radius 3 is 2.58 bits per heavy atom. The minimum atomic E-state index is -0.236. The van der Waals surface area contributed by atoms with Gasteiger partial charge in [-0.05, 0) is 24.3 Å². The van der Waals surface area contributed by atoms with Crippen molar-refractivity contribution < 1.29 is 9.69 Å². The number of aromatic nitrogens is 2. The number of hydrogen-bond acceptors (Lipinski definition) is 3. The van der Waals surface area contributed by atoms with Crippen molar-refractivity contribution in [2.45, 2.75) is 6.54 Å². The molecule has 1 aromatic heterocycles. The Labute approximate surface area is 159 Å². The Morgan fingerprint density at radius 1 is 1.15 bits per heavy atom. The van der Waals surface area contributed by atoms with Crippen LogP contribution in [0.3, 0.4) is 0 Å². The third-order valence-corrected chi connectivity index (χ3v) is 4.45. The topological polar surface area (TPSA) is 79.3 Å². The van der Waals surface area contributed by atoms with E-state index in [-0.39, 0.29) is 18.0 Å². The van der Waals surface area contributed by atoms with E-state index < -0.39 is 0 Å². The number of rotatable bonds is 5. The number of para-hydroxylation sites is 2. The SMILES string of the molecule is C[NH+](CC(=O)Nc1c(Cl)cccc1Cl)Cc1nc2ccccc2c(=O)[nH]1. The van der Waals surface area contributed by atoms with Crippen LogP contribution in [0, 0.1) is 0 Å². The summed E-state index contributed by atoms with van der Waals surface area (Å²) in [5.41, 5.74) is 0.836. The van der Waals surface area contributed by atoms with E-state index in [4.69, 9.17) is 23.2 Å². The lowest BCUT2D eigenvalue weighted by atomic mass is 10.2. The Balaban J connectivity index is 1.68. The molecule has 0 aliphatic carbocycles. The second kappa shape index (κ2) is 7.86. The summed E-state index contributed by atoms with van der Waals surface area (Å²) in [6.07, 6.45) is 0. The van der Waals surface area contributed by atoms with E-state index >= 15 is 0 Å². The number of fused-ring (bicyclic) bond motifs is 1. The highest BCUT2D eigenvalue weighted by Gasteiger charge is 2.15. The number of quaternary nitrogens is 1. The lowest BCUT2D eigenvalue weighted by Crippen LogP contribution is -3.08. The molecule has 1 unspecified atom stereocenters. The summed E-state index contributed by atoms with van der Waals surface area (Å²) in [5, 5.41) is 4.02. The molecule has 3 N–H and O–H groups in total. The first-order valence-corrected chi connectivity index (χ1v) is 8.72. The number of carbonyl (C=O) groups is 1. The van der Waals surface area contributed by atoms with E-state index in [0.29, 0.717) is 39.0 Å². The molecule has 1 heterocycles. The first kappa shape index (κ1) is 18.4. The fourth-order valence-electron chi connectivity index (χ4n) is 2.64. The molecule has 8 heteroatoms. The molecule has 0 aliphatic rings. The first-order valence-electron chi connectivity index (χ1n) is 7.97. The molecule has 3 rings (SSSR count). The van der Waals surface area contributed by atoms with E-state index in [1.807, 2.05) is 13.1 Å². The van der Waals surface area contributed by atoms with Crippen molar-refractivity contribution in [1.82, 2.24) is 9.97 Å². The van der Waals surface area contributed by atoms with Gasteiger partial charge < -0.3 is 15.2 Å². The van der Waals surface area contributed by atoms with Gasteiger partial charge in [0.1, 0.15) is 6.54 Å². The Morgan fingerprint density at radius 2 is 1.85 bits per heavy atom. The lowest BCUT2D eigenvalue weighted by molar-refractivity contribution is -0.885. The zero-order valence-electron chi connectivity index (χ0n) is 14.0. The zero-order chi connectivity index (χ0) is 18.7. The molecular formula is C18H17Cl2N4O2+. The second-order valence-electron chi connectivity index (χ2n) is 5.99. The van der Waals surface area contributed by atoms with E-state index in [9.17, 15) is 9.59 Å². The van der Waals surface area contributed by atoms with Crippen molar-refractivity contribution in [1.29, 1.82) is 0 Å². The lowest BCUT2D eigenvalue weighted by Gasteiger charge is -2.14. The molecule has 0 saturated heterocycles. The number of hydrogen-bond donors (Lipinski definition) is 3. The van der Waals surface area contributed by atoms with Gasteiger partial charge in [-0.3, -0.25) is 9.59 Å². The van der Waals surface area contributed by atoms with Crippen LogP contribution in [0.25, 0.3) is 10.9 Å². The van der Waals surface area contributed by atoms with Gasteiger partial charge in [-0.1, -0.05) is 41.4 Å². The molecule has 0 bridgehead atoms. The Kier molecular flexibility index (Phi) is 5.56. The first-order chi connectivity index (χ1) is 12.4. The van der Waals surface area contributed by atoms with Crippen LogP contribution in [0.2, 0.25) is 10.0 Å². The van der Waals surface area contributed by atoms with Gasteiger partial charge in [0, 0.05) is 0 Å². The summed E-state index contributed by atoms with van der Waals surface area (Å²) in [5.74, 6) is 0.287. The number of nitrogens with one attached hydrogen (secondary N) is 3. The van der Waals surface area contributed by atoms with Crippen LogP contribution in [0.15, 0.2) is 47.3 Å². The molecule has 2 aromatic carbocycles. The van der Waals surface area contributed by atoms with Gasteiger partial charge in [0.2, 0.25) is 0 Å². The summed E-state index contributed by atoms with van der Waals surface area (Å²) in [4.78, 5) is 32.4. The van der Waals surface area contributed by atoms with E-state index in [1.165, 1.54) is 0 Å². The molecule has 134 valence electrons. The molecule has 1 amide bonds. The normalized spacial score (nSPS) is 12.1. The predicted octanol–water partition coefficient (Wildman–Crippen LogP) is 1.88. The minimum absolute atomic E-state index is 0.165. The van der Waals surface area contributed by atoms with Gasteiger partial charge in [0.25, 0.3) is 11.5 Å². The second-order valence-corrected chi connectivity index (χ2v) is 6.80. The average Bonchev–Trinajstić information content (AvgIpc) is 2.58. The van der Waals surface area contributed by atoms with Gasteiger partial charge in [-0.15, -0.1) is 0 Å². The van der Waals surface area contributed by atoms with Crippen LogP contribution in [0.4, 0.5) is 5.69 Å². The number of benzene rings is 2. The van der Waals surface area contributed by atoms with Gasteiger partial charge in [0.15, 0.2) is 12.4 Å². The number of aromatic amines is 1. The van der Waals surface area contributed by atoms with Crippen LogP contribution in [0.1, 0.15) is 5.82 Å². The molecule has 3 aromatic rings. The van der Waals surface area contributed by atoms with Crippen molar-refractivity contribution in [3.8, 4) is 0 Å². The maximum absolute atomic E-state index is 12.3. The van der Waals surface area contributed by atoms with Crippen LogP contribution in [-0.2, 0) is 11.3 Å². The highest BCUT2D eigenvalue weighted by Crippen LogP contribution is 2.29. The molecular weight excluding hydrogens is 375 g/mol. The number of likely N-dealkylation sites (N-methyl/N-ethyl adjacent to an activating group) is 1. The van der Waals surface area contributed by atoms with Gasteiger partial charge in [-0.2, -0.15) is 0 Å². The minimum Gasteiger partial charge on any atom is -0.323 e. The molecule has 0 fully saturated rings. The summed E-state index contributed by atoms with van der Waals surface area (Å²) in [6.45, 7) is 0.557. The number of amides is 1. The standard InChI is InChI=1S/C18H16Cl2N4O2/c1-24(10-16(25)23-17-12(19)6-4-7-13(17)20)9-15-21-14-8-3-2-5-11(14)18(26)22-15/h2-8H,9-10H2,1H3,(H,23,25)(H,21,22,26)/p+1. The smallest absolute Gasteiger partial charge is 0.279 e. The number of carbonyl (C=O) groups excluding carboxylic acids is 1. The Bertz CT molecular complexity index is 999. The van der Waals surface area contributed by atoms with Crippen molar-refractivity contribution in [2.24, 2.45) is 0 Å². The van der Waals surface area contributed by atoms with Gasteiger partial charge in [-0.25, -0.2) is 4.98 Å². The van der Waals surface area contributed by atoms with E-state index in [0.717, 1.165) is 4.90 Å². The van der Waals surface area contributed by atoms with Crippen LogP contribution in [0.5, 0.6) is 0 Å². The highest BCUT2D eigenvalue weighted by atomic mass is 35.5. The largest absolute Gasteiger partial charge is 0.323 e. The number of anilines is 1. The third-order valence-electron chi connectivity index (χ3n) is 3.82. The predicted molar refractivity (Wildman–Crippen MR) is 103 cm³/mol. The van der Waals surface area contributed by atoms with E-state index in [2.05, 4.69) is 15.3 Å².